The van der Waals surface area contributed by atoms with Gasteiger partial charge < -0.3 is 20.3 Å². The van der Waals surface area contributed by atoms with Crippen LogP contribution < -0.4 is 10.6 Å². The average molecular weight is 454 g/mol. The molecule has 1 aliphatic heterocycles. The summed E-state index contributed by atoms with van der Waals surface area (Å²) >= 11 is 0. The second-order valence-corrected chi connectivity index (χ2v) is 6.72. The highest BCUT2D eigenvalue weighted by molar-refractivity contribution is 14.0. The van der Waals surface area contributed by atoms with Crippen molar-refractivity contribution in [3.8, 4) is 0 Å². The van der Waals surface area contributed by atoms with E-state index in [0.717, 1.165) is 45.2 Å². The maximum atomic E-state index is 5.80. The van der Waals surface area contributed by atoms with Gasteiger partial charge in [-0.25, -0.2) is 0 Å². The Kier molecular flexibility index (Phi) is 14.1. The van der Waals surface area contributed by atoms with E-state index in [0.29, 0.717) is 17.9 Å². The molecule has 0 amide bonds. The van der Waals surface area contributed by atoms with Gasteiger partial charge in [-0.2, -0.15) is 0 Å². The standard InChI is InChI=1S/C18H38N4O.HI/c1-6-19-18(20-11-9-17(15(4)5)23-8-3)21-13-16-10-12-22(7-2)14-16;/h15-17H,6-14H2,1-5H3,(H2,19,20,21);1H. The quantitative estimate of drug-likeness (QED) is 0.303. The number of hydrogen-bond donors (Lipinski definition) is 2. The molecule has 0 aromatic carbocycles. The van der Waals surface area contributed by atoms with Crippen LogP contribution in [0.1, 0.15) is 47.5 Å². The third kappa shape index (κ3) is 9.42. The predicted octanol–water partition coefficient (Wildman–Crippen LogP) is 2.95. The molecule has 144 valence electrons. The summed E-state index contributed by atoms with van der Waals surface area (Å²) in [5, 5.41) is 6.81. The zero-order chi connectivity index (χ0) is 17.1. The van der Waals surface area contributed by atoms with Crippen molar-refractivity contribution in [1.29, 1.82) is 0 Å². The van der Waals surface area contributed by atoms with Crippen molar-refractivity contribution >= 4 is 29.9 Å². The van der Waals surface area contributed by atoms with Gasteiger partial charge in [0.2, 0.25) is 0 Å². The summed E-state index contributed by atoms with van der Waals surface area (Å²) in [6.07, 6.45) is 2.61. The van der Waals surface area contributed by atoms with Crippen LogP contribution in [0.25, 0.3) is 0 Å². The number of guanidine groups is 1. The molecule has 1 saturated heterocycles. The van der Waals surface area contributed by atoms with Crippen LogP contribution in [0.15, 0.2) is 4.99 Å². The first kappa shape index (κ1) is 23.9. The van der Waals surface area contributed by atoms with Crippen molar-refractivity contribution in [2.75, 3.05) is 45.9 Å². The maximum absolute atomic E-state index is 5.80. The molecule has 1 fully saturated rings. The molecule has 0 aromatic heterocycles. The van der Waals surface area contributed by atoms with Gasteiger partial charge in [0.1, 0.15) is 0 Å². The number of hydrogen-bond acceptors (Lipinski definition) is 3. The number of aliphatic imine (C=N–C) groups is 1. The van der Waals surface area contributed by atoms with E-state index in [4.69, 9.17) is 9.73 Å². The minimum atomic E-state index is 0. The Balaban J connectivity index is 0.00000529. The zero-order valence-corrected chi connectivity index (χ0v) is 18.6. The molecule has 24 heavy (non-hydrogen) atoms. The first-order valence-electron chi connectivity index (χ1n) is 9.46. The summed E-state index contributed by atoms with van der Waals surface area (Å²) < 4.78 is 5.80. The smallest absolute Gasteiger partial charge is 0.191 e. The Labute approximate surface area is 166 Å². The third-order valence-corrected chi connectivity index (χ3v) is 4.51. The molecule has 1 aliphatic rings. The zero-order valence-electron chi connectivity index (χ0n) is 16.3. The van der Waals surface area contributed by atoms with E-state index in [2.05, 4.69) is 50.2 Å². The van der Waals surface area contributed by atoms with Gasteiger partial charge in [0.25, 0.3) is 0 Å². The predicted molar refractivity (Wildman–Crippen MR) is 114 cm³/mol. The fourth-order valence-electron chi connectivity index (χ4n) is 3.07. The van der Waals surface area contributed by atoms with Crippen LogP contribution in [-0.4, -0.2) is 62.8 Å². The van der Waals surface area contributed by atoms with E-state index < -0.39 is 0 Å². The summed E-state index contributed by atoms with van der Waals surface area (Å²) in [6, 6.07) is 0. The highest BCUT2D eigenvalue weighted by atomic mass is 127. The number of halogens is 1. The van der Waals surface area contributed by atoms with Gasteiger partial charge in [-0.05, 0) is 51.6 Å². The fourth-order valence-corrected chi connectivity index (χ4v) is 3.07. The van der Waals surface area contributed by atoms with Gasteiger partial charge in [0.15, 0.2) is 5.96 Å². The largest absolute Gasteiger partial charge is 0.378 e. The first-order valence-corrected chi connectivity index (χ1v) is 9.46. The van der Waals surface area contributed by atoms with Gasteiger partial charge >= 0.3 is 0 Å². The lowest BCUT2D eigenvalue weighted by Gasteiger charge is -2.21. The Morgan fingerprint density at radius 3 is 2.54 bits per heavy atom. The monoisotopic (exact) mass is 454 g/mol. The molecule has 0 spiro atoms. The number of nitrogens with one attached hydrogen (secondary N) is 2. The van der Waals surface area contributed by atoms with E-state index in [-0.39, 0.29) is 24.0 Å². The molecule has 0 saturated carbocycles. The summed E-state index contributed by atoms with van der Waals surface area (Å²) in [7, 11) is 0. The van der Waals surface area contributed by atoms with Crippen molar-refractivity contribution in [3.63, 3.8) is 0 Å². The Morgan fingerprint density at radius 2 is 2.00 bits per heavy atom. The number of likely N-dealkylation sites (tertiary alicyclic amines) is 1. The third-order valence-electron chi connectivity index (χ3n) is 4.51. The molecule has 6 heteroatoms. The van der Waals surface area contributed by atoms with E-state index in [1.165, 1.54) is 19.5 Å². The van der Waals surface area contributed by atoms with Crippen LogP contribution in [0, 0.1) is 11.8 Å². The van der Waals surface area contributed by atoms with Crippen LogP contribution in [0.2, 0.25) is 0 Å². The van der Waals surface area contributed by atoms with Crippen LogP contribution in [-0.2, 0) is 4.74 Å². The highest BCUT2D eigenvalue weighted by Crippen LogP contribution is 2.15. The molecule has 0 radical (unpaired) electrons. The Bertz CT molecular complexity index is 339. The molecular formula is C18H39IN4O. The van der Waals surface area contributed by atoms with Crippen LogP contribution >= 0.6 is 24.0 Å². The van der Waals surface area contributed by atoms with Crippen molar-refractivity contribution in [1.82, 2.24) is 15.5 Å². The van der Waals surface area contributed by atoms with E-state index in [1.54, 1.807) is 0 Å². The van der Waals surface area contributed by atoms with E-state index in [9.17, 15) is 0 Å². The molecule has 1 heterocycles. The summed E-state index contributed by atoms with van der Waals surface area (Å²) in [5.41, 5.74) is 0. The summed E-state index contributed by atoms with van der Waals surface area (Å²) in [4.78, 5) is 7.29. The molecule has 0 bridgehead atoms. The Hall–Kier alpha value is -0.0800. The average Bonchev–Trinajstić information content (AvgIpc) is 2.99. The summed E-state index contributed by atoms with van der Waals surface area (Å²) in [6.45, 7) is 17.9. The maximum Gasteiger partial charge on any atom is 0.191 e. The first-order chi connectivity index (χ1) is 11.1. The second-order valence-electron chi connectivity index (χ2n) is 6.72. The van der Waals surface area contributed by atoms with Crippen molar-refractivity contribution < 1.29 is 4.74 Å². The molecule has 2 atom stereocenters. The molecular weight excluding hydrogens is 415 g/mol. The minimum absolute atomic E-state index is 0. The lowest BCUT2D eigenvalue weighted by molar-refractivity contribution is 0.0258. The van der Waals surface area contributed by atoms with E-state index >= 15 is 0 Å². The van der Waals surface area contributed by atoms with Crippen molar-refractivity contribution in [2.24, 2.45) is 16.8 Å². The Morgan fingerprint density at radius 1 is 1.25 bits per heavy atom. The van der Waals surface area contributed by atoms with Crippen LogP contribution in [0.5, 0.6) is 0 Å². The second kappa shape index (κ2) is 14.1. The van der Waals surface area contributed by atoms with Gasteiger partial charge in [-0.1, -0.05) is 20.8 Å². The fraction of sp³-hybridized carbons (Fsp3) is 0.944. The highest BCUT2D eigenvalue weighted by Gasteiger charge is 2.20. The molecule has 2 N–H and O–H groups in total. The molecule has 0 aromatic rings. The summed E-state index contributed by atoms with van der Waals surface area (Å²) in [5.74, 6) is 2.20. The van der Waals surface area contributed by atoms with Crippen molar-refractivity contribution in [3.05, 3.63) is 0 Å². The SMILES string of the molecule is CCNC(=NCC1CCN(CC)C1)NCCC(OCC)C(C)C.I. The van der Waals surface area contributed by atoms with Crippen molar-refractivity contribution in [2.45, 2.75) is 53.6 Å². The number of nitrogens with zero attached hydrogens (tertiary/aromatic N) is 2. The van der Waals surface area contributed by atoms with E-state index in [1.807, 2.05) is 0 Å². The lowest BCUT2D eigenvalue weighted by Crippen LogP contribution is -2.39. The van der Waals surface area contributed by atoms with Gasteiger partial charge in [-0.3, -0.25) is 4.99 Å². The molecule has 2 unspecified atom stereocenters. The molecule has 0 aliphatic carbocycles. The molecule has 5 nitrogen and oxygen atoms in total. The van der Waals surface area contributed by atoms with Gasteiger partial charge in [-0.15, -0.1) is 24.0 Å². The van der Waals surface area contributed by atoms with Crippen LogP contribution in [0.4, 0.5) is 0 Å². The lowest BCUT2D eigenvalue weighted by atomic mass is 10.0. The molecule has 1 rings (SSSR count). The number of ether oxygens (including phenoxy) is 1. The minimum Gasteiger partial charge on any atom is -0.378 e. The topological polar surface area (TPSA) is 48.9 Å². The number of rotatable bonds is 10. The van der Waals surface area contributed by atoms with Gasteiger partial charge in [0, 0.05) is 32.8 Å². The van der Waals surface area contributed by atoms with Crippen LogP contribution in [0.3, 0.4) is 0 Å². The van der Waals surface area contributed by atoms with Gasteiger partial charge in [0.05, 0.1) is 6.10 Å². The normalized spacial score (nSPS) is 20.1.